The fourth-order valence-electron chi connectivity index (χ4n) is 12.3. The Bertz CT molecular complexity index is 3370. The van der Waals surface area contributed by atoms with Gasteiger partial charge in [0.1, 0.15) is 62.5 Å². The molecule has 6 saturated heterocycles. The Hall–Kier alpha value is -8.44. The van der Waals surface area contributed by atoms with Crippen LogP contribution in [0.4, 0.5) is 21.2 Å². The highest BCUT2D eigenvalue weighted by atomic mass is 16.7. The van der Waals surface area contributed by atoms with Crippen LogP contribution in [0.15, 0.2) is 86.0 Å². The van der Waals surface area contributed by atoms with E-state index in [9.17, 15) is 49.2 Å². The molecule has 6 aromatic rings. The summed E-state index contributed by atoms with van der Waals surface area (Å²) < 4.78 is 59.2. The van der Waals surface area contributed by atoms with Crippen LogP contribution in [-0.2, 0) is 79.8 Å². The van der Waals surface area contributed by atoms with Gasteiger partial charge in [-0.3, -0.25) is 29.4 Å². The number of imidazole rings is 2. The fraction of sp³-hybridized carbons (Fsp3) is 0.500. The van der Waals surface area contributed by atoms with Crippen molar-refractivity contribution in [2.75, 3.05) is 52.2 Å². The van der Waals surface area contributed by atoms with Crippen molar-refractivity contribution in [3.8, 4) is 0 Å². The molecule has 6 N–H and O–H groups in total. The Balaban J connectivity index is 0.000000182. The lowest BCUT2D eigenvalue weighted by atomic mass is 9.86. The number of nitrogens with zero attached hydrogens (tertiary/aromatic N) is 10. The average molecular weight is 1230 g/mol. The van der Waals surface area contributed by atoms with Gasteiger partial charge in [-0.2, -0.15) is 0 Å². The van der Waals surface area contributed by atoms with Gasteiger partial charge >= 0.3 is 24.1 Å². The highest BCUT2D eigenvalue weighted by Gasteiger charge is 2.77. The summed E-state index contributed by atoms with van der Waals surface area (Å²) in [5.41, 5.74) is -4.30. The molecule has 0 saturated carbocycles. The minimum atomic E-state index is -1.98. The van der Waals surface area contributed by atoms with Crippen molar-refractivity contribution in [3.05, 3.63) is 97.1 Å². The second-order valence-electron chi connectivity index (χ2n) is 21.5. The summed E-state index contributed by atoms with van der Waals surface area (Å²) in [5.74, 6) is -2.87. The molecule has 4 aromatic heterocycles. The molecule has 6 aliphatic heterocycles. The van der Waals surface area contributed by atoms with E-state index in [4.69, 9.17) is 47.4 Å². The van der Waals surface area contributed by atoms with Crippen molar-refractivity contribution in [1.29, 1.82) is 0 Å². The first-order chi connectivity index (χ1) is 42.3. The van der Waals surface area contributed by atoms with Crippen LogP contribution < -0.4 is 10.6 Å². The number of rotatable bonds is 18. The molecular weight excluding hydrogens is 1160 g/mol. The molecular formula is C56H64N12O20. The summed E-state index contributed by atoms with van der Waals surface area (Å²) in [4.78, 5) is 105. The maximum atomic E-state index is 13.3. The molecule has 5 unspecified atom stereocenters. The Morgan fingerprint density at radius 3 is 1.33 bits per heavy atom. The third-order valence-corrected chi connectivity index (χ3v) is 16.6. The summed E-state index contributed by atoms with van der Waals surface area (Å²) in [5, 5.41) is 49.3. The zero-order valence-electron chi connectivity index (χ0n) is 48.3. The van der Waals surface area contributed by atoms with Gasteiger partial charge in [0, 0.05) is 53.0 Å². The van der Waals surface area contributed by atoms with Crippen molar-refractivity contribution in [1.82, 2.24) is 48.8 Å². The molecule has 6 fully saturated rings. The molecule has 4 amide bonds. The topological polar surface area (TPSA) is 393 Å². The van der Waals surface area contributed by atoms with Crippen molar-refractivity contribution in [2.24, 2.45) is 0 Å². The number of likely N-dealkylation sites (N-methyl/N-ethyl adjacent to an activating group) is 2. The Labute approximate surface area is 499 Å². The maximum Gasteiger partial charge on any atom is 0.413 e. The maximum absolute atomic E-state index is 13.3. The molecule has 12 rings (SSSR count). The standard InChI is InChI=1S/2C28H32N6O10/c2*1-4-41-17-11-27(33(2)24(37)28(17,44-27)25(38)40-3)10-16-19(35)20(36)23(43-16)34-14-31-18-21(29-13-30-22(18)34)32-26(39)42-12-15-8-6-5-7-9-15/h2*5-9,13-14,16-17,19-20,23,35-36H,4,10-12H2,1-3H3,(H,29,30,32,39)/t16-,17?,19-,20-,23-,27?,28?;16-,17?,19-,20-,23-,27-,28?/m11/s1. The van der Waals surface area contributed by atoms with Gasteiger partial charge in [0.15, 0.2) is 57.9 Å². The number of esters is 2. The SMILES string of the molecule is CCOC1CC2(C[C@H]3O[C@@H](n4cnc5c(NC(=O)OCc6ccccc6)ncnc54)[C@H](O)[C@@H]3O)OC1(C(=O)OC)C(=O)N2C.CCOC1C[C@@]2(C[C@H]3O[C@@H](n4cnc5c(NC(=O)OCc6ccccc6)ncnc54)[C@H](O)[C@@H]3O)OC1(C(=O)OC)C(=O)N2C. The van der Waals surface area contributed by atoms with E-state index in [0.717, 1.165) is 25.3 Å². The van der Waals surface area contributed by atoms with E-state index < -0.39 is 120 Å². The smallest absolute Gasteiger partial charge is 0.413 e. The van der Waals surface area contributed by atoms with Crippen LogP contribution in [0.5, 0.6) is 0 Å². The largest absolute Gasteiger partial charge is 0.466 e. The highest BCUT2D eigenvalue weighted by molar-refractivity contribution is 6.10. The molecule has 2 aromatic carbocycles. The molecule has 468 valence electrons. The summed E-state index contributed by atoms with van der Waals surface area (Å²) in [6.07, 6.45) is -8.28. The number of hydrogen-bond acceptors (Lipinski definition) is 26. The van der Waals surface area contributed by atoms with Gasteiger partial charge in [-0.1, -0.05) is 60.7 Å². The van der Waals surface area contributed by atoms with Crippen LogP contribution in [0.25, 0.3) is 22.3 Å². The van der Waals surface area contributed by atoms with Crippen LogP contribution in [0.3, 0.4) is 0 Å². The van der Waals surface area contributed by atoms with Gasteiger partial charge in [-0.25, -0.2) is 49.1 Å². The first-order valence-corrected chi connectivity index (χ1v) is 28.0. The number of methoxy groups -OCH3 is 2. The molecule has 0 aliphatic carbocycles. The lowest BCUT2D eigenvalue weighted by Gasteiger charge is -2.37. The minimum absolute atomic E-state index is 0.0504. The second-order valence-corrected chi connectivity index (χ2v) is 21.5. The number of amides is 4. The van der Waals surface area contributed by atoms with E-state index in [2.05, 4.69) is 40.5 Å². The molecule has 10 heterocycles. The van der Waals surface area contributed by atoms with Crippen LogP contribution in [0.1, 0.15) is 63.1 Å². The average Bonchev–Trinajstić information content (AvgIpc) is 1.54. The number of aliphatic hydroxyl groups is 4. The minimum Gasteiger partial charge on any atom is -0.466 e. The molecule has 4 bridgehead atoms. The zero-order valence-corrected chi connectivity index (χ0v) is 48.3. The van der Waals surface area contributed by atoms with Crippen LogP contribution >= 0.6 is 0 Å². The van der Waals surface area contributed by atoms with E-state index in [1.54, 1.807) is 13.8 Å². The molecule has 0 radical (unpaired) electrons. The van der Waals surface area contributed by atoms with Gasteiger partial charge in [-0.15, -0.1) is 0 Å². The van der Waals surface area contributed by atoms with Crippen molar-refractivity contribution < 1.29 is 96.6 Å². The second kappa shape index (κ2) is 24.3. The number of hydrogen-bond donors (Lipinski definition) is 6. The molecule has 32 heteroatoms. The number of anilines is 2. The van der Waals surface area contributed by atoms with Crippen molar-refractivity contribution >= 4 is 69.9 Å². The Morgan fingerprint density at radius 2 is 0.966 bits per heavy atom. The first kappa shape index (κ1) is 61.2. The molecule has 6 aliphatic rings. The third kappa shape index (κ3) is 10.4. The van der Waals surface area contributed by atoms with Crippen molar-refractivity contribution in [3.63, 3.8) is 0 Å². The molecule has 88 heavy (non-hydrogen) atoms. The van der Waals surface area contributed by atoms with E-state index in [1.807, 2.05) is 60.7 Å². The third-order valence-electron chi connectivity index (χ3n) is 16.6. The zero-order chi connectivity index (χ0) is 62.5. The number of piperidine rings is 2. The number of nitrogens with one attached hydrogen (secondary N) is 2. The highest BCUT2D eigenvalue weighted by Crippen LogP contribution is 2.55. The number of carbonyl (C=O) groups is 6. The van der Waals surface area contributed by atoms with Gasteiger partial charge < -0.3 is 77.6 Å². The fourth-order valence-corrected chi connectivity index (χ4v) is 12.3. The molecule has 0 spiro atoms. The van der Waals surface area contributed by atoms with E-state index in [-0.39, 0.29) is 86.1 Å². The van der Waals surface area contributed by atoms with Crippen LogP contribution in [0, 0.1) is 0 Å². The van der Waals surface area contributed by atoms with E-state index in [1.165, 1.54) is 58.3 Å². The van der Waals surface area contributed by atoms with Gasteiger partial charge in [0.05, 0.1) is 39.1 Å². The number of aromatic nitrogens is 8. The Morgan fingerprint density at radius 1 is 0.580 bits per heavy atom. The predicted molar refractivity (Wildman–Crippen MR) is 295 cm³/mol. The number of ether oxygens (including phenoxy) is 10. The lowest BCUT2D eigenvalue weighted by molar-refractivity contribution is -0.181. The summed E-state index contributed by atoms with van der Waals surface area (Å²) >= 11 is 0. The number of benzene rings is 2. The van der Waals surface area contributed by atoms with Crippen LogP contribution in [0.2, 0.25) is 0 Å². The number of aliphatic hydroxyl groups excluding tert-OH is 4. The Kier molecular flexibility index (Phi) is 16.9. The quantitative estimate of drug-likeness (QED) is 0.0397. The molecule has 14 atom stereocenters. The van der Waals surface area contributed by atoms with Crippen LogP contribution in [-0.4, -0.2) is 218 Å². The first-order valence-electron chi connectivity index (χ1n) is 28.0. The van der Waals surface area contributed by atoms with Gasteiger partial charge in [0.2, 0.25) is 0 Å². The number of carbonyl (C=O) groups excluding carboxylic acids is 6. The van der Waals surface area contributed by atoms with E-state index in [0.29, 0.717) is 0 Å². The predicted octanol–water partition coefficient (Wildman–Crippen LogP) is 0.980. The summed E-state index contributed by atoms with van der Waals surface area (Å²) in [6.45, 7) is 4.01. The summed E-state index contributed by atoms with van der Waals surface area (Å²) in [7, 11) is 5.30. The lowest BCUT2D eigenvalue weighted by Crippen LogP contribution is -2.60. The summed E-state index contributed by atoms with van der Waals surface area (Å²) in [6, 6.07) is 18.3. The number of fused-ring (bicyclic) bond motifs is 6. The van der Waals surface area contributed by atoms with E-state index >= 15 is 0 Å². The van der Waals surface area contributed by atoms with Gasteiger partial charge in [0.25, 0.3) is 23.0 Å². The normalized spacial score (nSPS) is 31.1. The van der Waals surface area contributed by atoms with Gasteiger partial charge in [-0.05, 0) is 25.0 Å². The monoisotopic (exact) mass is 1220 g/mol. The van der Waals surface area contributed by atoms with Crippen molar-refractivity contribution in [2.45, 2.75) is 137 Å². The molecule has 32 nitrogen and oxygen atoms in total. The number of likely N-dealkylation sites (tertiary alicyclic amines) is 2.